The van der Waals surface area contributed by atoms with E-state index in [2.05, 4.69) is 10.1 Å². The van der Waals surface area contributed by atoms with E-state index >= 15 is 0 Å². The Morgan fingerprint density at radius 1 is 1.07 bits per heavy atom. The van der Waals surface area contributed by atoms with Crippen LogP contribution in [0.15, 0.2) is 54.9 Å². The molecule has 3 aromatic rings. The fourth-order valence-corrected chi connectivity index (χ4v) is 3.71. The first-order valence-electron chi connectivity index (χ1n) is 9.62. The second-order valence-electron chi connectivity index (χ2n) is 7.23. The first kappa shape index (κ1) is 18.9. The van der Waals surface area contributed by atoms with Crippen molar-refractivity contribution in [3.05, 3.63) is 71.7 Å². The van der Waals surface area contributed by atoms with E-state index in [1.807, 2.05) is 54.3 Å². The minimum absolute atomic E-state index is 0.0141. The summed E-state index contributed by atoms with van der Waals surface area (Å²) in [6.07, 6.45) is 4.39. The number of hydrogen-bond acceptors (Lipinski definition) is 4. The van der Waals surface area contributed by atoms with Gasteiger partial charge in [-0.15, -0.1) is 0 Å². The van der Waals surface area contributed by atoms with E-state index in [1.54, 1.807) is 10.9 Å². The van der Waals surface area contributed by atoms with Crippen molar-refractivity contribution in [2.75, 3.05) is 13.1 Å². The maximum atomic E-state index is 13.0. The predicted molar refractivity (Wildman–Crippen MR) is 108 cm³/mol. The third-order valence-corrected chi connectivity index (χ3v) is 5.36. The second kappa shape index (κ2) is 7.87. The van der Waals surface area contributed by atoms with Crippen molar-refractivity contribution < 1.29 is 14.7 Å². The standard InChI is InChI=1S/C22H22N4O3/c1-15-19(7-8-20(24-15)16-5-3-2-4-6-16)21(27)25-11-9-18(10-12-25)26-14-17(13-23-26)22(28)29/h2-8,13-14,18H,9-12H2,1H3,(H,28,29). The molecule has 0 radical (unpaired) electrons. The van der Waals surface area contributed by atoms with Crippen molar-refractivity contribution in [2.45, 2.75) is 25.8 Å². The number of amides is 1. The van der Waals surface area contributed by atoms with Crippen LogP contribution in [0.2, 0.25) is 0 Å². The summed E-state index contributed by atoms with van der Waals surface area (Å²) >= 11 is 0. The highest BCUT2D eigenvalue weighted by molar-refractivity contribution is 5.95. The quantitative estimate of drug-likeness (QED) is 0.737. The van der Waals surface area contributed by atoms with Crippen LogP contribution in [-0.2, 0) is 0 Å². The summed E-state index contributed by atoms with van der Waals surface area (Å²) < 4.78 is 1.70. The van der Waals surface area contributed by atoms with Gasteiger partial charge in [-0.3, -0.25) is 14.5 Å². The Balaban J connectivity index is 1.43. The van der Waals surface area contributed by atoms with Gasteiger partial charge in [0.2, 0.25) is 0 Å². The number of aryl methyl sites for hydroxylation is 1. The molecule has 1 N–H and O–H groups in total. The van der Waals surface area contributed by atoms with Crippen molar-refractivity contribution in [3.8, 4) is 11.3 Å². The lowest BCUT2D eigenvalue weighted by atomic mass is 10.0. The van der Waals surface area contributed by atoms with Crippen LogP contribution in [0.1, 0.15) is 45.3 Å². The molecule has 1 fully saturated rings. The molecule has 29 heavy (non-hydrogen) atoms. The number of hydrogen-bond donors (Lipinski definition) is 1. The lowest BCUT2D eigenvalue weighted by molar-refractivity contribution is 0.0687. The van der Waals surface area contributed by atoms with Gasteiger partial charge in [0.15, 0.2) is 0 Å². The first-order valence-corrected chi connectivity index (χ1v) is 9.62. The van der Waals surface area contributed by atoms with Gasteiger partial charge in [0.05, 0.1) is 34.8 Å². The van der Waals surface area contributed by atoms with Gasteiger partial charge in [0.1, 0.15) is 0 Å². The number of pyridine rings is 1. The molecule has 0 atom stereocenters. The number of aromatic nitrogens is 3. The third-order valence-electron chi connectivity index (χ3n) is 5.36. The normalized spacial score (nSPS) is 14.7. The number of carbonyl (C=O) groups excluding carboxylic acids is 1. The highest BCUT2D eigenvalue weighted by Gasteiger charge is 2.26. The average molecular weight is 390 g/mol. The van der Waals surface area contributed by atoms with Gasteiger partial charge in [-0.1, -0.05) is 30.3 Å². The topological polar surface area (TPSA) is 88.3 Å². The van der Waals surface area contributed by atoms with Crippen LogP contribution in [-0.4, -0.2) is 49.7 Å². The molecule has 1 aliphatic rings. The van der Waals surface area contributed by atoms with Crippen LogP contribution in [0.25, 0.3) is 11.3 Å². The van der Waals surface area contributed by atoms with Gasteiger partial charge in [-0.25, -0.2) is 4.79 Å². The summed E-state index contributed by atoms with van der Waals surface area (Å²) in [4.78, 5) is 30.5. The van der Waals surface area contributed by atoms with E-state index in [9.17, 15) is 9.59 Å². The van der Waals surface area contributed by atoms with Gasteiger partial charge in [-0.05, 0) is 31.9 Å². The zero-order chi connectivity index (χ0) is 20.4. The van der Waals surface area contributed by atoms with Crippen LogP contribution in [0, 0.1) is 6.92 Å². The van der Waals surface area contributed by atoms with Crippen molar-refractivity contribution in [2.24, 2.45) is 0 Å². The number of aromatic carboxylic acids is 1. The van der Waals surface area contributed by atoms with E-state index in [0.29, 0.717) is 18.7 Å². The summed E-state index contributed by atoms with van der Waals surface area (Å²) in [7, 11) is 0. The number of piperidine rings is 1. The van der Waals surface area contributed by atoms with Crippen LogP contribution < -0.4 is 0 Å². The van der Waals surface area contributed by atoms with Crippen LogP contribution in [0.4, 0.5) is 0 Å². The van der Waals surface area contributed by atoms with E-state index in [-0.39, 0.29) is 17.5 Å². The molecular formula is C22H22N4O3. The molecule has 7 heteroatoms. The minimum Gasteiger partial charge on any atom is -0.478 e. The summed E-state index contributed by atoms with van der Waals surface area (Å²) in [5.74, 6) is -0.995. The zero-order valence-electron chi connectivity index (χ0n) is 16.2. The summed E-state index contributed by atoms with van der Waals surface area (Å²) in [5, 5.41) is 13.2. The smallest absolute Gasteiger partial charge is 0.338 e. The van der Waals surface area contributed by atoms with Gasteiger partial charge in [-0.2, -0.15) is 5.10 Å². The van der Waals surface area contributed by atoms with Crippen LogP contribution >= 0.6 is 0 Å². The molecule has 0 unspecified atom stereocenters. The molecule has 7 nitrogen and oxygen atoms in total. The molecule has 1 amide bonds. The molecular weight excluding hydrogens is 368 g/mol. The molecule has 1 aromatic carbocycles. The Morgan fingerprint density at radius 2 is 1.79 bits per heavy atom. The second-order valence-corrected chi connectivity index (χ2v) is 7.23. The number of likely N-dealkylation sites (tertiary alicyclic amines) is 1. The van der Waals surface area contributed by atoms with Crippen LogP contribution in [0.5, 0.6) is 0 Å². The number of nitrogens with zero attached hydrogens (tertiary/aromatic N) is 4. The SMILES string of the molecule is Cc1nc(-c2ccccc2)ccc1C(=O)N1CCC(n2cc(C(=O)O)cn2)CC1. The molecule has 148 valence electrons. The number of carboxylic acid groups (broad SMARTS) is 1. The lowest BCUT2D eigenvalue weighted by Gasteiger charge is -2.32. The van der Waals surface area contributed by atoms with Gasteiger partial charge in [0.25, 0.3) is 5.91 Å². The lowest BCUT2D eigenvalue weighted by Crippen LogP contribution is -2.39. The Bertz CT molecular complexity index is 1040. The van der Waals surface area contributed by atoms with E-state index in [0.717, 1.165) is 29.8 Å². The van der Waals surface area contributed by atoms with Crippen molar-refractivity contribution in [1.29, 1.82) is 0 Å². The molecule has 1 aliphatic heterocycles. The number of benzene rings is 1. The molecule has 0 saturated carbocycles. The molecule has 0 spiro atoms. The summed E-state index contributed by atoms with van der Waals surface area (Å²) in [5.41, 5.74) is 3.40. The Morgan fingerprint density at radius 3 is 2.41 bits per heavy atom. The van der Waals surface area contributed by atoms with Gasteiger partial charge < -0.3 is 10.0 Å². The Kier molecular flexibility index (Phi) is 5.12. The van der Waals surface area contributed by atoms with E-state index in [1.165, 1.54) is 6.20 Å². The van der Waals surface area contributed by atoms with E-state index in [4.69, 9.17) is 5.11 Å². The molecule has 2 aromatic heterocycles. The van der Waals surface area contributed by atoms with Gasteiger partial charge in [0, 0.05) is 24.8 Å². The Labute approximate surface area is 168 Å². The highest BCUT2D eigenvalue weighted by atomic mass is 16.4. The summed E-state index contributed by atoms with van der Waals surface area (Å²) in [6, 6.07) is 13.7. The molecule has 0 bridgehead atoms. The number of carbonyl (C=O) groups is 2. The molecule has 4 rings (SSSR count). The first-order chi connectivity index (χ1) is 14.0. The van der Waals surface area contributed by atoms with Crippen LogP contribution in [0.3, 0.4) is 0 Å². The van der Waals surface area contributed by atoms with E-state index < -0.39 is 5.97 Å². The summed E-state index contributed by atoms with van der Waals surface area (Å²) in [6.45, 7) is 3.07. The number of rotatable bonds is 4. The third kappa shape index (κ3) is 3.89. The van der Waals surface area contributed by atoms with Crippen molar-refractivity contribution >= 4 is 11.9 Å². The van der Waals surface area contributed by atoms with Crippen molar-refractivity contribution in [3.63, 3.8) is 0 Å². The average Bonchev–Trinajstić information content (AvgIpc) is 3.25. The van der Waals surface area contributed by atoms with Gasteiger partial charge >= 0.3 is 5.97 Å². The maximum absolute atomic E-state index is 13.0. The zero-order valence-corrected chi connectivity index (χ0v) is 16.2. The maximum Gasteiger partial charge on any atom is 0.338 e. The number of carboxylic acids is 1. The molecule has 1 saturated heterocycles. The molecule has 3 heterocycles. The monoisotopic (exact) mass is 390 g/mol. The largest absolute Gasteiger partial charge is 0.478 e. The van der Waals surface area contributed by atoms with Crippen molar-refractivity contribution in [1.82, 2.24) is 19.7 Å². The predicted octanol–water partition coefficient (Wildman–Crippen LogP) is 3.43. The fourth-order valence-electron chi connectivity index (χ4n) is 3.71. The minimum atomic E-state index is -0.981. The highest BCUT2D eigenvalue weighted by Crippen LogP contribution is 2.25. The molecule has 0 aliphatic carbocycles. The Hall–Kier alpha value is -3.48. The fraction of sp³-hybridized carbons (Fsp3) is 0.273.